The number of hydrogen-bond acceptors (Lipinski definition) is 1. The van der Waals surface area contributed by atoms with E-state index in [2.05, 4.69) is 0 Å². The Labute approximate surface area is 61.0 Å². The largest absolute Gasteiger partial charge is 0.476 e. The molecule has 0 aliphatic rings. The van der Waals surface area contributed by atoms with Gasteiger partial charge in [-0.15, -0.1) is 0 Å². The highest BCUT2D eigenvalue weighted by Gasteiger charge is 2.17. The topological polar surface area (TPSA) is 40.3 Å². The number of likely N-dealkylation sites (N-methyl/N-ethyl adjacent to an activating group) is 1. The van der Waals surface area contributed by atoms with Gasteiger partial charge in [0.2, 0.25) is 6.04 Å². The Bertz CT molecular complexity index is 152. The van der Waals surface area contributed by atoms with Crippen molar-refractivity contribution in [3.8, 4) is 0 Å². The molecular formula is C7H14NO2+. The number of nitrogens with zero attached hydrogens (tertiary/aromatic N) is 1. The number of aliphatic carboxylic acids is 1. The van der Waals surface area contributed by atoms with Crippen LogP contribution in [0.5, 0.6) is 0 Å². The van der Waals surface area contributed by atoms with Gasteiger partial charge in [0, 0.05) is 13.3 Å². The number of carbonyl (C=O) groups is 1. The van der Waals surface area contributed by atoms with Gasteiger partial charge in [-0.05, 0) is 0 Å². The summed E-state index contributed by atoms with van der Waals surface area (Å²) < 4.78 is 1.70. The van der Waals surface area contributed by atoms with E-state index in [9.17, 15) is 4.79 Å². The Morgan fingerprint density at radius 1 is 1.80 bits per heavy atom. The van der Waals surface area contributed by atoms with Gasteiger partial charge in [0.25, 0.3) is 0 Å². The number of carboxylic acids is 1. The molecule has 0 aliphatic heterocycles. The minimum Gasteiger partial charge on any atom is -0.476 e. The molecule has 0 saturated carbocycles. The molecule has 1 unspecified atom stereocenters. The van der Waals surface area contributed by atoms with Crippen molar-refractivity contribution in [2.75, 3.05) is 7.05 Å². The van der Waals surface area contributed by atoms with Crippen molar-refractivity contribution in [2.45, 2.75) is 26.3 Å². The fourth-order valence-electron chi connectivity index (χ4n) is 0.620. The van der Waals surface area contributed by atoms with Gasteiger partial charge < -0.3 is 5.11 Å². The van der Waals surface area contributed by atoms with Gasteiger partial charge in [0.15, 0.2) is 0 Å². The van der Waals surface area contributed by atoms with Gasteiger partial charge in [0.05, 0.1) is 0 Å². The van der Waals surface area contributed by atoms with Gasteiger partial charge in [-0.1, -0.05) is 6.92 Å². The zero-order chi connectivity index (χ0) is 8.15. The number of carboxylic acid groups (broad SMARTS) is 1. The summed E-state index contributed by atoms with van der Waals surface area (Å²) in [4.78, 5) is 10.4. The van der Waals surface area contributed by atoms with Crippen LogP contribution < -0.4 is 0 Å². The summed E-state index contributed by atoms with van der Waals surface area (Å²) in [5.41, 5.74) is 0. The Kier molecular flexibility index (Phi) is 3.69. The maximum absolute atomic E-state index is 10.4. The standard InChI is InChI=1S/C7H13NO2/c1-4-5-8(3)6(2)7(9)10/h5-6H,4H2,1-3H3/p+1. The Morgan fingerprint density at radius 2 is 2.30 bits per heavy atom. The number of rotatable bonds is 3. The molecule has 0 aromatic carbocycles. The van der Waals surface area contributed by atoms with Crippen LogP contribution in [0.1, 0.15) is 20.3 Å². The SMILES string of the molecule is CCC=[N+](C)C(C)C(=O)O. The highest BCUT2D eigenvalue weighted by molar-refractivity contribution is 5.72. The van der Waals surface area contributed by atoms with Gasteiger partial charge >= 0.3 is 5.97 Å². The highest BCUT2D eigenvalue weighted by Crippen LogP contribution is 1.86. The van der Waals surface area contributed by atoms with E-state index in [-0.39, 0.29) is 0 Å². The average molecular weight is 144 g/mol. The summed E-state index contributed by atoms with van der Waals surface area (Å²) in [5, 5.41) is 8.52. The first-order chi connectivity index (χ1) is 4.59. The second kappa shape index (κ2) is 4.04. The summed E-state index contributed by atoms with van der Waals surface area (Å²) in [6.07, 6.45) is 2.73. The summed E-state index contributed by atoms with van der Waals surface area (Å²) in [5.74, 6) is -0.785. The van der Waals surface area contributed by atoms with Crippen LogP contribution in [-0.4, -0.2) is 35.0 Å². The van der Waals surface area contributed by atoms with E-state index in [1.807, 2.05) is 13.1 Å². The molecule has 0 heterocycles. The van der Waals surface area contributed by atoms with Crippen LogP contribution in [0.2, 0.25) is 0 Å². The third kappa shape index (κ3) is 2.62. The third-order valence-corrected chi connectivity index (χ3v) is 1.44. The van der Waals surface area contributed by atoms with E-state index in [0.29, 0.717) is 0 Å². The zero-order valence-electron chi connectivity index (χ0n) is 6.66. The lowest BCUT2D eigenvalue weighted by Crippen LogP contribution is -2.28. The summed E-state index contributed by atoms with van der Waals surface area (Å²) in [6.45, 7) is 3.64. The maximum atomic E-state index is 10.4. The molecule has 58 valence electrons. The molecule has 0 spiro atoms. The van der Waals surface area contributed by atoms with Crippen molar-refractivity contribution in [1.29, 1.82) is 0 Å². The molecule has 10 heavy (non-hydrogen) atoms. The van der Waals surface area contributed by atoms with Gasteiger partial charge in [-0.25, -0.2) is 9.37 Å². The Balaban J connectivity index is 4.06. The highest BCUT2D eigenvalue weighted by atomic mass is 16.4. The van der Waals surface area contributed by atoms with Crippen LogP contribution in [0.3, 0.4) is 0 Å². The van der Waals surface area contributed by atoms with Crippen LogP contribution in [0.15, 0.2) is 0 Å². The molecule has 0 aromatic rings. The lowest BCUT2D eigenvalue weighted by molar-refractivity contribution is -0.518. The molecule has 0 radical (unpaired) electrons. The molecule has 0 aromatic heterocycles. The molecule has 0 amide bonds. The second-order valence-electron chi connectivity index (χ2n) is 2.27. The fourth-order valence-corrected chi connectivity index (χ4v) is 0.620. The van der Waals surface area contributed by atoms with Gasteiger partial charge in [-0.2, -0.15) is 0 Å². The first-order valence-electron chi connectivity index (χ1n) is 3.37. The first kappa shape index (κ1) is 9.14. The predicted octanol–water partition coefficient (Wildman–Crippen LogP) is 0.583. The summed E-state index contributed by atoms with van der Waals surface area (Å²) >= 11 is 0. The lowest BCUT2D eigenvalue weighted by atomic mass is 10.3. The summed E-state index contributed by atoms with van der Waals surface area (Å²) in [6, 6.07) is -0.417. The van der Waals surface area contributed by atoms with Gasteiger partial charge in [0.1, 0.15) is 13.3 Å². The molecule has 0 bridgehead atoms. The van der Waals surface area contributed by atoms with E-state index in [1.54, 1.807) is 18.5 Å². The normalized spacial score (nSPS) is 14.9. The molecule has 1 N–H and O–H groups in total. The minimum atomic E-state index is -0.785. The average Bonchev–Trinajstić information content (AvgIpc) is 1.87. The number of hydrogen-bond donors (Lipinski definition) is 1. The van der Waals surface area contributed by atoms with E-state index in [0.717, 1.165) is 6.42 Å². The van der Waals surface area contributed by atoms with E-state index >= 15 is 0 Å². The third-order valence-electron chi connectivity index (χ3n) is 1.44. The molecule has 0 aliphatic carbocycles. The van der Waals surface area contributed by atoms with Crippen LogP contribution in [0, 0.1) is 0 Å². The first-order valence-corrected chi connectivity index (χ1v) is 3.37. The van der Waals surface area contributed by atoms with Crippen molar-refractivity contribution in [3.63, 3.8) is 0 Å². The molecule has 3 heteroatoms. The van der Waals surface area contributed by atoms with Crippen LogP contribution in [0.25, 0.3) is 0 Å². The fraction of sp³-hybridized carbons (Fsp3) is 0.714. The van der Waals surface area contributed by atoms with Crippen LogP contribution >= 0.6 is 0 Å². The van der Waals surface area contributed by atoms with Crippen LogP contribution in [-0.2, 0) is 4.79 Å². The van der Waals surface area contributed by atoms with Crippen molar-refractivity contribution in [2.24, 2.45) is 0 Å². The second-order valence-corrected chi connectivity index (χ2v) is 2.27. The van der Waals surface area contributed by atoms with Crippen molar-refractivity contribution < 1.29 is 14.5 Å². The van der Waals surface area contributed by atoms with Crippen molar-refractivity contribution in [1.82, 2.24) is 0 Å². The lowest BCUT2D eigenvalue weighted by Gasteiger charge is -2.00. The molecule has 1 atom stereocenters. The smallest absolute Gasteiger partial charge is 0.372 e. The zero-order valence-corrected chi connectivity index (χ0v) is 6.66. The molecular weight excluding hydrogens is 130 g/mol. The van der Waals surface area contributed by atoms with E-state index < -0.39 is 12.0 Å². The van der Waals surface area contributed by atoms with E-state index in [4.69, 9.17) is 5.11 Å². The molecule has 0 rings (SSSR count). The molecule has 0 fully saturated rings. The molecule has 3 nitrogen and oxygen atoms in total. The minimum absolute atomic E-state index is 0.417. The van der Waals surface area contributed by atoms with Crippen molar-refractivity contribution >= 4 is 12.2 Å². The monoisotopic (exact) mass is 144 g/mol. The van der Waals surface area contributed by atoms with Gasteiger partial charge in [-0.3, -0.25) is 0 Å². The van der Waals surface area contributed by atoms with Crippen LogP contribution in [0.4, 0.5) is 0 Å². The van der Waals surface area contributed by atoms with Crippen molar-refractivity contribution in [3.05, 3.63) is 0 Å². The predicted molar refractivity (Wildman–Crippen MR) is 39.6 cm³/mol. The quantitative estimate of drug-likeness (QED) is 0.465. The molecule has 0 saturated heterocycles. The maximum Gasteiger partial charge on any atom is 0.372 e. The Morgan fingerprint density at radius 3 is 2.60 bits per heavy atom. The Hall–Kier alpha value is -0.860. The summed E-state index contributed by atoms with van der Waals surface area (Å²) in [7, 11) is 1.77. The van der Waals surface area contributed by atoms with E-state index in [1.165, 1.54) is 0 Å².